The molecule has 0 aliphatic carbocycles. The maximum absolute atomic E-state index is 12.2. The lowest BCUT2D eigenvalue weighted by molar-refractivity contribution is -0.384. The number of non-ortho nitro benzene ring substituents is 1. The third-order valence-electron chi connectivity index (χ3n) is 6.43. The molecule has 32 heavy (non-hydrogen) atoms. The Balaban J connectivity index is 1.45. The van der Waals surface area contributed by atoms with Crippen LogP contribution in [0.2, 0.25) is 0 Å². The number of likely N-dealkylation sites (tertiary alicyclic amines) is 1. The summed E-state index contributed by atoms with van der Waals surface area (Å²) in [6, 6.07) is 8.40. The Bertz CT molecular complexity index is 1230. The van der Waals surface area contributed by atoms with Gasteiger partial charge in [0, 0.05) is 62.3 Å². The van der Waals surface area contributed by atoms with Gasteiger partial charge in [-0.2, -0.15) is 5.10 Å². The zero-order valence-electron chi connectivity index (χ0n) is 18.3. The number of aryl methyl sites for hydroxylation is 1. The van der Waals surface area contributed by atoms with E-state index < -0.39 is 4.92 Å². The van der Waals surface area contributed by atoms with E-state index in [0.717, 1.165) is 48.5 Å². The number of hydrogen-bond acceptors (Lipinski definition) is 7. The van der Waals surface area contributed by atoms with Crippen molar-refractivity contribution in [1.29, 1.82) is 0 Å². The van der Waals surface area contributed by atoms with Crippen LogP contribution in [0.15, 0.2) is 30.3 Å². The molecule has 2 aromatic heterocycles. The van der Waals surface area contributed by atoms with E-state index in [4.69, 9.17) is 10.7 Å². The molecule has 1 amide bonds. The monoisotopic (exact) mass is 435 g/mol. The van der Waals surface area contributed by atoms with Gasteiger partial charge < -0.3 is 15.5 Å². The van der Waals surface area contributed by atoms with Crippen molar-refractivity contribution in [3.63, 3.8) is 0 Å². The van der Waals surface area contributed by atoms with E-state index in [1.54, 1.807) is 23.9 Å². The minimum absolute atomic E-state index is 0.0205. The summed E-state index contributed by atoms with van der Waals surface area (Å²) in [6.45, 7) is 7.10. The smallest absolute Gasteiger partial charge is 0.269 e. The molecule has 2 aliphatic rings. The van der Waals surface area contributed by atoms with E-state index in [-0.39, 0.29) is 22.9 Å². The highest BCUT2D eigenvalue weighted by Gasteiger charge is 2.53. The number of carbonyl (C=O) groups is 1. The first-order valence-electron chi connectivity index (χ1n) is 10.6. The first kappa shape index (κ1) is 20.2. The van der Waals surface area contributed by atoms with Crippen molar-refractivity contribution >= 4 is 34.3 Å². The second kappa shape index (κ2) is 6.91. The molecule has 0 radical (unpaired) electrons. The first-order chi connectivity index (χ1) is 15.2. The highest BCUT2D eigenvalue weighted by atomic mass is 16.6. The molecule has 10 nitrogen and oxygen atoms in total. The number of carbonyl (C=O) groups excluding carboxylic acids is 1. The fraction of sp³-hybridized carbons (Fsp3) is 0.409. The molecule has 166 valence electrons. The van der Waals surface area contributed by atoms with Gasteiger partial charge >= 0.3 is 0 Å². The number of hydrogen-bond donors (Lipinski definition) is 1. The second-order valence-electron chi connectivity index (χ2n) is 9.24. The number of pyridine rings is 1. The van der Waals surface area contributed by atoms with E-state index in [1.165, 1.54) is 12.1 Å². The van der Waals surface area contributed by atoms with Crippen molar-refractivity contribution in [1.82, 2.24) is 19.7 Å². The van der Waals surface area contributed by atoms with Crippen LogP contribution in [0.5, 0.6) is 0 Å². The molecule has 2 saturated heterocycles. The van der Waals surface area contributed by atoms with Gasteiger partial charge in [-0.15, -0.1) is 0 Å². The Hall–Kier alpha value is -3.69. The zero-order valence-corrected chi connectivity index (χ0v) is 18.3. The molecular weight excluding hydrogens is 410 g/mol. The molecule has 10 heteroatoms. The molecule has 1 spiro atoms. The van der Waals surface area contributed by atoms with Crippen molar-refractivity contribution in [3.05, 3.63) is 40.4 Å². The number of nitrogens with two attached hydrogens (primary N) is 1. The van der Waals surface area contributed by atoms with Gasteiger partial charge in [-0.25, -0.2) is 9.67 Å². The maximum Gasteiger partial charge on any atom is 0.269 e. The molecule has 2 N–H and O–H groups in total. The van der Waals surface area contributed by atoms with Crippen molar-refractivity contribution < 1.29 is 9.72 Å². The number of aromatic nitrogens is 3. The highest BCUT2D eigenvalue weighted by molar-refractivity contribution is 6.01. The molecule has 0 unspecified atom stereocenters. The molecule has 0 bridgehead atoms. The van der Waals surface area contributed by atoms with E-state index in [9.17, 15) is 14.9 Å². The summed E-state index contributed by atoms with van der Waals surface area (Å²) >= 11 is 0. The predicted octanol–water partition coefficient (Wildman–Crippen LogP) is 2.43. The van der Waals surface area contributed by atoms with Gasteiger partial charge in [0.15, 0.2) is 11.5 Å². The van der Waals surface area contributed by atoms with Crippen molar-refractivity contribution in [3.8, 4) is 11.1 Å². The van der Waals surface area contributed by atoms with E-state index >= 15 is 0 Å². The largest absolute Gasteiger partial charge is 0.382 e. The van der Waals surface area contributed by atoms with E-state index in [1.807, 2.05) is 24.8 Å². The van der Waals surface area contributed by atoms with Gasteiger partial charge in [-0.1, -0.05) is 13.8 Å². The van der Waals surface area contributed by atoms with Crippen LogP contribution in [0.25, 0.3) is 22.2 Å². The van der Waals surface area contributed by atoms with Crippen molar-refractivity contribution in [2.75, 3.05) is 36.8 Å². The van der Waals surface area contributed by atoms with Crippen LogP contribution in [-0.2, 0) is 11.8 Å². The van der Waals surface area contributed by atoms with Crippen LogP contribution < -0.4 is 10.6 Å². The third kappa shape index (κ3) is 3.05. The fourth-order valence-electron chi connectivity index (χ4n) is 4.83. The summed E-state index contributed by atoms with van der Waals surface area (Å²) in [5.74, 6) is 1.41. The molecule has 4 heterocycles. The van der Waals surface area contributed by atoms with Gasteiger partial charge in [-0.3, -0.25) is 14.9 Å². The lowest BCUT2D eigenvalue weighted by Gasteiger charge is -2.60. The van der Waals surface area contributed by atoms with Crippen molar-refractivity contribution in [2.24, 2.45) is 18.4 Å². The molecule has 5 rings (SSSR count). The lowest BCUT2D eigenvalue weighted by atomic mass is 9.72. The SMILES string of the molecule is CC(C)C(=O)N1CC2(C1)CN(c1cc(-c3ccc([N+](=O)[O-])cc3)c3c(N)nn(C)c3n1)C2. The number of nitro groups is 1. The molecule has 0 saturated carbocycles. The molecular formula is C22H25N7O3. The summed E-state index contributed by atoms with van der Waals surface area (Å²) in [5, 5.41) is 16.1. The zero-order chi connectivity index (χ0) is 22.8. The fourth-order valence-corrected chi connectivity index (χ4v) is 4.83. The minimum Gasteiger partial charge on any atom is -0.382 e. The standard InChI is InChI=1S/C22H25N7O3/c1-13(2)21(30)28-11-22(12-28)9-27(10-22)17-8-16(14-4-6-15(7-5-14)29(31)32)18-19(23)25-26(3)20(18)24-17/h4-8,13H,9-12H2,1-3H3,(H2,23,25). The number of benzene rings is 1. The normalized spacial score (nSPS) is 17.0. The Morgan fingerprint density at radius 1 is 1.19 bits per heavy atom. The number of nitro benzene ring substituents is 1. The van der Waals surface area contributed by atoms with E-state index in [2.05, 4.69) is 10.00 Å². The van der Waals surface area contributed by atoms with Gasteiger partial charge in [0.1, 0.15) is 5.82 Å². The summed E-state index contributed by atoms with van der Waals surface area (Å²) in [4.78, 5) is 31.8. The van der Waals surface area contributed by atoms with Gasteiger partial charge in [-0.05, 0) is 23.8 Å². The number of anilines is 2. The van der Waals surface area contributed by atoms with E-state index in [0.29, 0.717) is 11.5 Å². The Morgan fingerprint density at radius 3 is 2.44 bits per heavy atom. The summed E-state index contributed by atoms with van der Waals surface area (Å²) in [7, 11) is 1.80. The first-order valence-corrected chi connectivity index (χ1v) is 10.6. The number of nitrogen functional groups attached to an aromatic ring is 1. The van der Waals surface area contributed by atoms with Crippen LogP contribution in [-0.4, -0.2) is 56.7 Å². The summed E-state index contributed by atoms with van der Waals surface area (Å²) in [5.41, 5.74) is 8.68. The quantitative estimate of drug-likeness (QED) is 0.493. The van der Waals surface area contributed by atoms with Gasteiger partial charge in [0.2, 0.25) is 5.91 Å². The van der Waals surface area contributed by atoms with Crippen molar-refractivity contribution in [2.45, 2.75) is 13.8 Å². The lowest BCUT2D eigenvalue weighted by Crippen LogP contribution is -2.73. The number of rotatable bonds is 4. The van der Waals surface area contributed by atoms with Crippen LogP contribution in [0.4, 0.5) is 17.3 Å². The van der Waals surface area contributed by atoms with Crippen LogP contribution in [0.3, 0.4) is 0 Å². The predicted molar refractivity (Wildman–Crippen MR) is 121 cm³/mol. The molecule has 3 aromatic rings. The third-order valence-corrected chi connectivity index (χ3v) is 6.43. The van der Waals surface area contributed by atoms with Crippen LogP contribution >= 0.6 is 0 Å². The minimum atomic E-state index is -0.415. The van der Waals surface area contributed by atoms with Gasteiger partial charge in [0.25, 0.3) is 5.69 Å². The average molecular weight is 435 g/mol. The average Bonchev–Trinajstić information content (AvgIpc) is 2.99. The number of nitrogens with zero attached hydrogens (tertiary/aromatic N) is 6. The Morgan fingerprint density at radius 2 is 1.84 bits per heavy atom. The van der Waals surface area contributed by atoms with Crippen LogP contribution in [0.1, 0.15) is 13.8 Å². The molecule has 2 aliphatic heterocycles. The van der Waals surface area contributed by atoms with Crippen LogP contribution in [0, 0.1) is 21.4 Å². The molecule has 2 fully saturated rings. The number of amides is 1. The Kier molecular flexibility index (Phi) is 4.37. The Labute approximate surface area is 184 Å². The molecule has 0 atom stereocenters. The highest BCUT2D eigenvalue weighted by Crippen LogP contribution is 2.43. The summed E-state index contributed by atoms with van der Waals surface area (Å²) < 4.78 is 1.66. The maximum atomic E-state index is 12.2. The summed E-state index contributed by atoms with van der Waals surface area (Å²) in [6.07, 6.45) is 0. The number of fused-ring (bicyclic) bond motifs is 1. The van der Waals surface area contributed by atoms with Gasteiger partial charge in [0.05, 0.1) is 10.3 Å². The topological polar surface area (TPSA) is 123 Å². The second-order valence-corrected chi connectivity index (χ2v) is 9.24. The molecule has 1 aromatic carbocycles.